The third-order valence-electron chi connectivity index (χ3n) is 3.60. The number of ether oxygens (including phenoxy) is 1. The van der Waals surface area contributed by atoms with E-state index in [4.69, 9.17) is 27.9 Å². The minimum atomic E-state index is -0.305. The minimum absolute atomic E-state index is 0.160. The number of hydrogen-bond acceptors (Lipinski definition) is 5. The molecule has 1 N–H and O–H groups in total. The van der Waals surface area contributed by atoms with Crippen molar-refractivity contribution in [1.29, 1.82) is 0 Å². The highest BCUT2D eigenvalue weighted by Gasteiger charge is 2.15. The zero-order valence-corrected chi connectivity index (χ0v) is 15.4. The maximum atomic E-state index is 11.5. The molecular formula is C16H23BCl2N2O3. The number of benzene rings is 1. The highest BCUT2D eigenvalue weighted by Crippen LogP contribution is 2.18. The fraction of sp³-hybridized carbons (Fsp3) is 0.500. The number of esters is 1. The van der Waals surface area contributed by atoms with Gasteiger partial charge in [-0.15, -0.1) is 23.2 Å². The van der Waals surface area contributed by atoms with Gasteiger partial charge in [-0.2, -0.15) is 0 Å². The third-order valence-corrected chi connectivity index (χ3v) is 3.94. The van der Waals surface area contributed by atoms with Crippen molar-refractivity contribution in [3.05, 3.63) is 29.8 Å². The Balaban J connectivity index is 2.84. The highest BCUT2D eigenvalue weighted by molar-refractivity contribution is 6.64. The van der Waals surface area contributed by atoms with E-state index in [9.17, 15) is 9.59 Å². The summed E-state index contributed by atoms with van der Waals surface area (Å²) in [5.41, 5.74) is 2.11. The Bertz CT molecular complexity index is 514. The Hall–Kier alpha value is -1.24. The van der Waals surface area contributed by atoms with Crippen LogP contribution in [0, 0.1) is 0 Å². The molecule has 0 aliphatic rings. The second-order valence-electron chi connectivity index (χ2n) is 5.29. The fourth-order valence-electron chi connectivity index (χ4n) is 2.45. The van der Waals surface area contributed by atoms with E-state index in [0.717, 1.165) is 17.4 Å². The van der Waals surface area contributed by atoms with Crippen molar-refractivity contribution in [1.82, 2.24) is 5.23 Å². The summed E-state index contributed by atoms with van der Waals surface area (Å²) in [5, 5.41) is 3.06. The van der Waals surface area contributed by atoms with Crippen molar-refractivity contribution < 1.29 is 14.3 Å². The lowest BCUT2D eigenvalue weighted by Gasteiger charge is -2.24. The average molecular weight is 373 g/mol. The van der Waals surface area contributed by atoms with Gasteiger partial charge in [-0.25, -0.2) is 0 Å². The molecule has 0 heterocycles. The third kappa shape index (κ3) is 7.56. The molecule has 132 valence electrons. The predicted octanol–water partition coefficient (Wildman–Crippen LogP) is 1.58. The van der Waals surface area contributed by atoms with Crippen LogP contribution in [0.2, 0.25) is 0 Å². The number of methoxy groups -OCH3 is 1. The van der Waals surface area contributed by atoms with E-state index >= 15 is 0 Å². The first kappa shape index (κ1) is 20.8. The van der Waals surface area contributed by atoms with Crippen LogP contribution in [0.15, 0.2) is 24.3 Å². The summed E-state index contributed by atoms with van der Waals surface area (Å²) < 4.78 is 4.72. The number of hydrogen-bond donors (Lipinski definition) is 1. The van der Waals surface area contributed by atoms with E-state index in [1.807, 2.05) is 18.2 Å². The molecule has 24 heavy (non-hydrogen) atoms. The SMILES string of the molecule is COC(=O)C[C@H](Cc1cccc(N(CCCl)CCCl)c1)NBC=O. The number of nitrogens with zero attached hydrogens (tertiary/aromatic N) is 1. The fourth-order valence-corrected chi connectivity index (χ4v) is 2.86. The van der Waals surface area contributed by atoms with Gasteiger partial charge < -0.3 is 19.7 Å². The quantitative estimate of drug-likeness (QED) is 0.261. The van der Waals surface area contributed by atoms with Crippen molar-refractivity contribution in [2.75, 3.05) is 36.9 Å². The van der Waals surface area contributed by atoms with Crippen LogP contribution < -0.4 is 10.1 Å². The van der Waals surface area contributed by atoms with Crippen molar-refractivity contribution in [2.24, 2.45) is 0 Å². The summed E-state index contributed by atoms with van der Waals surface area (Å²) in [5.74, 6) is 0.736. The maximum absolute atomic E-state index is 11.5. The number of carbonyl (C=O) groups is 2. The van der Waals surface area contributed by atoms with Crippen molar-refractivity contribution in [3.8, 4) is 0 Å². The molecule has 1 rings (SSSR count). The number of carbonyl (C=O) groups excluding carboxylic acids is 2. The maximum Gasteiger partial charge on any atom is 0.307 e. The predicted molar refractivity (Wildman–Crippen MR) is 101 cm³/mol. The summed E-state index contributed by atoms with van der Waals surface area (Å²) in [6.45, 7) is 1.43. The van der Waals surface area contributed by atoms with Crippen LogP contribution >= 0.6 is 23.2 Å². The molecule has 1 aromatic carbocycles. The van der Waals surface area contributed by atoms with Crippen molar-refractivity contribution in [3.63, 3.8) is 0 Å². The number of halogens is 2. The Morgan fingerprint density at radius 2 is 2.08 bits per heavy atom. The second-order valence-corrected chi connectivity index (χ2v) is 6.05. The lowest BCUT2D eigenvalue weighted by molar-refractivity contribution is -0.141. The topological polar surface area (TPSA) is 58.6 Å². The van der Waals surface area contributed by atoms with Gasteiger partial charge in [-0.05, 0) is 24.1 Å². The van der Waals surface area contributed by atoms with Gasteiger partial charge in [0.05, 0.1) is 19.7 Å². The number of anilines is 1. The van der Waals surface area contributed by atoms with Crippen LogP contribution in [0.3, 0.4) is 0 Å². The zero-order valence-electron chi connectivity index (χ0n) is 13.8. The minimum Gasteiger partial charge on any atom is -0.469 e. The van der Waals surface area contributed by atoms with Crippen LogP contribution in [-0.4, -0.2) is 57.6 Å². The molecule has 8 heteroatoms. The first-order valence-electron chi connectivity index (χ1n) is 7.84. The Morgan fingerprint density at radius 3 is 2.67 bits per heavy atom. The molecule has 0 aliphatic carbocycles. The molecule has 0 fully saturated rings. The van der Waals surface area contributed by atoms with Crippen LogP contribution in [0.5, 0.6) is 0 Å². The Kier molecular flexibility index (Phi) is 10.6. The normalized spacial score (nSPS) is 11.6. The van der Waals surface area contributed by atoms with Crippen LogP contribution in [-0.2, 0) is 20.7 Å². The van der Waals surface area contributed by atoms with E-state index < -0.39 is 0 Å². The molecule has 0 unspecified atom stereocenters. The summed E-state index contributed by atoms with van der Waals surface area (Å²) in [7, 11) is 1.56. The van der Waals surface area contributed by atoms with E-state index in [1.54, 1.807) is 0 Å². The molecule has 5 nitrogen and oxygen atoms in total. The van der Waals surface area contributed by atoms with Crippen LogP contribution in [0.1, 0.15) is 12.0 Å². The van der Waals surface area contributed by atoms with Crippen molar-refractivity contribution in [2.45, 2.75) is 18.9 Å². The Labute approximate surface area is 153 Å². The standard InChI is InChI=1S/C16H23BCl2N2O3/c1-24-16(23)11-14(20-17-12-22)9-13-3-2-4-15(10-13)21(7-5-18)8-6-19/h2-4,10,12,14,17,20H,5-9,11H2,1H3/t14-/m0/s1. The first-order valence-corrected chi connectivity index (χ1v) is 8.91. The van der Waals surface area contributed by atoms with Crippen LogP contribution in [0.25, 0.3) is 0 Å². The number of nitrogens with one attached hydrogen (secondary N) is 1. The molecule has 0 aromatic heterocycles. The van der Waals surface area contributed by atoms with Gasteiger partial charge in [0.15, 0.2) is 0 Å². The summed E-state index contributed by atoms with van der Waals surface area (Å²) in [6.07, 6.45) is 1.61. The molecule has 0 spiro atoms. The summed E-state index contributed by atoms with van der Waals surface area (Å²) in [4.78, 5) is 24.2. The average Bonchev–Trinajstić information content (AvgIpc) is 2.59. The lowest BCUT2D eigenvalue weighted by Crippen LogP contribution is -2.37. The molecule has 0 amide bonds. The molecule has 0 bridgehead atoms. The van der Waals surface area contributed by atoms with Gasteiger partial charge in [-0.1, -0.05) is 12.1 Å². The van der Waals surface area contributed by atoms with Gasteiger partial charge in [0, 0.05) is 36.6 Å². The van der Waals surface area contributed by atoms with E-state index in [2.05, 4.69) is 16.2 Å². The van der Waals surface area contributed by atoms with Gasteiger partial charge >= 0.3 is 5.97 Å². The monoisotopic (exact) mass is 372 g/mol. The summed E-state index contributed by atoms with van der Waals surface area (Å²) >= 11 is 11.7. The number of rotatable bonds is 12. The molecule has 0 aliphatic heterocycles. The van der Waals surface area contributed by atoms with Gasteiger partial charge in [0.1, 0.15) is 0 Å². The molecular weight excluding hydrogens is 350 g/mol. The van der Waals surface area contributed by atoms with Gasteiger partial charge in [0.2, 0.25) is 0 Å². The van der Waals surface area contributed by atoms with E-state index in [0.29, 0.717) is 31.3 Å². The van der Waals surface area contributed by atoms with Gasteiger partial charge in [0.25, 0.3) is 7.41 Å². The molecule has 0 saturated heterocycles. The van der Waals surface area contributed by atoms with E-state index in [-0.39, 0.29) is 25.8 Å². The molecule has 0 radical (unpaired) electrons. The smallest absolute Gasteiger partial charge is 0.307 e. The van der Waals surface area contributed by atoms with Crippen molar-refractivity contribution >= 4 is 48.5 Å². The van der Waals surface area contributed by atoms with E-state index in [1.165, 1.54) is 7.11 Å². The first-order chi connectivity index (χ1) is 11.6. The largest absolute Gasteiger partial charge is 0.469 e. The molecule has 0 saturated carbocycles. The lowest BCUT2D eigenvalue weighted by atomic mass is 9.92. The molecule has 1 atom stereocenters. The Morgan fingerprint density at radius 1 is 1.38 bits per heavy atom. The number of alkyl halides is 2. The van der Waals surface area contributed by atoms with Crippen LogP contribution in [0.4, 0.5) is 5.69 Å². The summed E-state index contributed by atoms with van der Waals surface area (Å²) in [6, 6.07) is 7.88. The van der Waals surface area contributed by atoms with Gasteiger partial charge in [-0.3, -0.25) is 4.79 Å². The molecule has 1 aromatic rings. The second kappa shape index (κ2) is 12.2. The highest BCUT2D eigenvalue weighted by atomic mass is 35.5. The zero-order chi connectivity index (χ0) is 17.8.